The Bertz CT molecular complexity index is 161. The summed E-state index contributed by atoms with van der Waals surface area (Å²) in [6.45, 7) is 14.3. The van der Waals surface area contributed by atoms with Gasteiger partial charge in [0.05, 0.1) is 0 Å². The molecule has 1 saturated heterocycles. The number of unbranched alkanes of at least 4 members (excludes halogenated alkanes) is 1. The van der Waals surface area contributed by atoms with Crippen LogP contribution in [0.5, 0.6) is 0 Å². The van der Waals surface area contributed by atoms with Crippen molar-refractivity contribution >= 4 is 0 Å². The normalized spacial score (nSPS) is 21.4. The standard InChI is InChI=1S/C13H29N3/c1-3-5-9-16-11-7-14-6-10-15(8-4-2)12-13-16/h14H,3-13H2,1-2H3. The van der Waals surface area contributed by atoms with Gasteiger partial charge in [-0.2, -0.15) is 0 Å². The molecule has 0 atom stereocenters. The van der Waals surface area contributed by atoms with Gasteiger partial charge in [-0.25, -0.2) is 0 Å². The van der Waals surface area contributed by atoms with Crippen LogP contribution >= 0.6 is 0 Å². The molecule has 0 amide bonds. The second kappa shape index (κ2) is 8.97. The van der Waals surface area contributed by atoms with E-state index in [0.717, 1.165) is 13.1 Å². The van der Waals surface area contributed by atoms with Crippen LogP contribution in [-0.4, -0.2) is 62.2 Å². The van der Waals surface area contributed by atoms with E-state index >= 15 is 0 Å². The Labute approximate surface area is 101 Å². The van der Waals surface area contributed by atoms with Crippen LogP contribution in [0.15, 0.2) is 0 Å². The first kappa shape index (κ1) is 13.9. The molecule has 96 valence electrons. The first-order valence-corrected chi connectivity index (χ1v) is 7.02. The van der Waals surface area contributed by atoms with Crippen molar-refractivity contribution in [3.8, 4) is 0 Å². The molecule has 1 rings (SSSR count). The lowest BCUT2D eigenvalue weighted by Crippen LogP contribution is -2.36. The van der Waals surface area contributed by atoms with E-state index in [4.69, 9.17) is 0 Å². The molecule has 0 unspecified atom stereocenters. The third-order valence-corrected chi connectivity index (χ3v) is 3.31. The van der Waals surface area contributed by atoms with Gasteiger partial charge >= 0.3 is 0 Å². The van der Waals surface area contributed by atoms with Gasteiger partial charge in [-0.3, -0.25) is 0 Å². The molecule has 0 radical (unpaired) electrons. The van der Waals surface area contributed by atoms with Crippen LogP contribution in [0.25, 0.3) is 0 Å². The molecule has 3 nitrogen and oxygen atoms in total. The molecule has 1 aliphatic heterocycles. The second-order valence-corrected chi connectivity index (χ2v) is 4.79. The third kappa shape index (κ3) is 5.83. The van der Waals surface area contributed by atoms with Crippen LogP contribution in [0.3, 0.4) is 0 Å². The molecule has 1 aliphatic rings. The molecule has 16 heavy (non-hydrogen) atoms. The Balaban J connectivity index is 2.31. The quantitative estimate of drug-likeness (QED) is 0.766. The van der Waals surface area contributed by atoms with Gasteiger partial charge in [-0.05, 0) is 25.9 Å². The summed E-state index contributed by atoms with van der Waals surface area (Å²) < 4.78 is 0. The molecule has 0 saturated carbocycles. The van der Waals surface area contributed by atoms with Gasteiger partial charge in [0.1, 0.15) is 0 Å². The minimum atomic E-state index is 1.15. The van der Waals surface area contributed by atoms with Crippen LogP contribution in [-0.2, 0) is 0 Å². The van der Waals surface area contributed by atoms with Crippen molar-refractivity contribution in [1.29, 1.82) is 0 Å². The summed E-state index contributed by atoms with van der Waals surface area (Å²) in [6.07, 6.45) is 3.92. The molecule has 0 spiro atoms. The monoisotopic (exact) mass is 227 g/mol. The Kier molecular flexibility index (Phi) is 7.81. The highest BCUT2D eigenvalue weighted by atomic mass is 15.2. The molecule has 0 aromatic heterocycles. The van der Waals surface area contributed by atoms with Gasteiger partial charge in [-0.15, -0.1) is 0 Å². The lowest BCUT2D eigenvalue weighted by atomic mass is 10.3. The first-order valence-electron chi connectivity index (χ1n) is 7.02. The van der Waals surface area contributed by atoms with Crippen LogP contribution in [0.4, 0.5) is 0 Å². The molecular formula is C13H29N3. The zero-order valence-electron chi connectivity index (χ0n) is 11.2. The SMILES string of the molecule is CCCCN1CCNCCN(CCC)CC1. The van der Waals surface area contributed by atoms with E-state index in [-0.39, 0.29) is 0 Å². The van der Waals surface area contributed by atoms with Crippen LogP contribution in [0, 0.1) is 0 Å². The second-order valence-electron chi connectivity index (χ2n) is 4.79. The van der Waals surface area contributed by atoms with Gasteiger partial charge in [0.2, 0.25) is 0 Å². The fourth-order valence-electron chi connectivity index (χ4n) is 2.25. The van der Waals surface area contributed by atoms with Gasteiger partial charge in [-0.1, -0.05) is 20.3 Å². The van der Waals surface area contributed by atoms with E-state index in [9.17, 15) is 0 Å². The molecule has 3 heteroatoms. The largest absolute Gasteiger partial charge is 0.314 e. The highest BCUT2D eigenvalue weighted by molar-refractivity contribution is 4.68. The smallest absolute Gasteiger partial charge is 0.0110 e. The first-order chi connectivity index (χ1) is 7.86. The van der Waals surface area contributed by atoms with Gasteiger partial charge in [0, 0.05) is 39.3 Å². The summed E-state index contributed by atoms with van der Waals surface area (Å²) in [5.41, 5.74) is 0. The molecule has 1 fully saturated rings. The lowest BCUT2D eigenvalue weighted by molar-refractivity contribution is 0.217. The average molecular weight is 227 g/mol. The summed E-state index contributed by atoms with van der Waals surface area (Å²) in [7, 11) is 0. The number of rotatable bonds is 5. The maximum absolute atomic E-state index is 3.54. The summed E-state index contributed by atoms with van der Waals surface area (Å²) in [4.78, 5) is 5.21. The average Bonchev–Trinajstić information content (AvgIpc) is 2.40. The Hall–Kier alpha value is -0.120. The van der Waals surface area contributed by atoms with E-state index in [0.29, 0.717) is 0 Å². The van der Waals surface area contributed by atoms with Gasteiger partial charge in [0.25, 0.3) is 0 Å². The zero-order valence-corrected chi connectivity index (χ0v) is 11.2. The van der Waals surface area contributed by atoms with Crippen molar-refractivity contribution in [2.45, 2.75) is 33.1 Å². The Morgan fingerprint density at radius 3 is 2.00 bits per heavy atom. The highest BCUT2D eigenvalue weighted by Gasteiger charge is 2.10. The minimum Gasteiger partial charge on any atom is -0.314 e. The zero-order chi connectivity index (χ0) is 11.6. The van der Waals surface area contributed by atoms with Crippen LogP contribution < -0.4 is 5.32 Å². The molecule has 0 bridgehead atoms. The predicted octanol–water partition coefficient (Wildman–Crippen LogP) is 1.40. The van der Waals surface area contributed by atoms with Gasteiger partial charge < -0.3 is 15.1 Å². The van der Waals surface area contributed by atoms with Crippen molar-refractivity contribution in [2.75, 3.05) is 52.4 Å². The predicted molar refractivity (Wildman–Crippen MR) is 70.9 cm³/mol. The van der Waals surface area contributed by atoms with Crippen molar-refractivity contribution in [3.05, 3.63) is 0 Å². The van der Waals surface area contributed by atoms with Crippen molar-refractivity contribution in [3.63, 3.8) is 0 Å². The van der Waals surface area contributed by atoms with E-state index in [1.54, 1.807) is 0 Å². The van der Waals surface area contributed by atoms with Gasteiger partial charge in [0.15, 0.2) is 0 Å². The molecule has 0 aliphatic carbocycles. The van der Waals surface area contributed by atoms with Crippen molar-refractivity contribution in [2.24, 2.45) is 0 Å². The molecule has 1 N–H and O–H groups in total. The number of hydrogen-bond acceptors (Lipinski definition) is 3. The Morgan fingerprint density at radius 1 is 0.812 bits per heavy atom. The number of hydrogen-bond donors (Lipinski definition) is 1. The maximum Gasteiger partial charge on any atom is 0.0110 e. The van der Waals surface area contributed by atoms with E-state index in [1.807, 2.05) is 0 Å². The van der Waals surface area contributed by atoms with Crippen molar-refractivity contribution in [1.82, 2.24) is 15.1 Å². The molecule has 0 aromatic rings. The summed E-state index contributed by atoms with van der Waals surface area (Å²) in [5, 5.41) is 3.54. The fourth-order valence-corrected chi connectivity index (χ4v) is 2.25. The summed E-state index contributed by atoms with van der Waals surface area (Å²) in [6, 6.07) is 0. The number of nitrogens with one attached hydrogen (secondary N) is 1. The molecular weight excluding hydrogens is 198 g/mol. The minimum absolute atomic E-state index is 1.15. The topological polar surface area (TPSA) is 18.5 Å². The highest BCUT2D eigenvalue weighted by Crippen LogP contribution is 1.99. The fraction of sp³-hybridized carbons (Fsp3) is 1.00. The van der Waals surface area contributed by atoms with E-state index in [2.05, 4.69) is 29.0 Å². The summed E-state index contributed by atoms with van der Waals surface area (Å²) in [5.74, 6) is 0. The van der Waals surface area contributed by atoms with Crippen LogP contribution in [0.1, 0.15) is 33.1 Å². The Morgan fingerprint density at radius 2 is 1.44 bits per heavy atom. The third-order valence-electron chi connectivity index (χ3n) is 3.31. The van der Waals surface area contributed by atoms with E-state index < -0.39 is 0 Å². The maximum atomic E-state index is 3.54. The van der Waals surface area contributed by atoms with Crippen LogP contribution in [0.2, 0.25) is 0 Å². The lowest BCUT2D eigenvalue weighted by Gasteiger charge is -2.25. The van der Waals surface area contributed by atoms with Crippen molar-refractivity contribution < 1.29 is 0 Å². The molecule has 1 heterocycles. The molecule has 0 aromatic carbocycles. The summed E-state index contributed by atoms with van der Waals surface area (Å²) >= 11 is 0. The number of nitrogens with zero attached hydrogens (tertiary/aromatic N) is 2. The van der Waals surface area contributed by atoms with E-state index in [1.165, 1.54) is 58.5 Å².